The number of nitrogens with one attached hydrogen (secondary N) is 2. The van der Waals surface area contributed by atoms with Crippen LogP contribution in [-0.4, -0.2) is 32.5 Å². The van der Waals surface area contributed by atoms with Gasteiger partial charge in [-0.3, -0.25) is 4.98 Å². The fourth-order valence-electron chi connectivity index (χ4n) is 3.89. The molecule has 26 heavy (non-hydrogen) atoms. The number of H-pyrrole nitrogens is 1. The van der Waals surface area contributed by atoms with Gasteiger partial charge >= 0.3 is 0 Å². The SMILES string of the molecule is NCCCC(Cc1nc2ncccc2[nH]1)NC1CCCc2cccnc21. The maximum atomic E-state index is 5.77. The van der Waals surface area contributed by atoms with Gasteiger partial charge < -0.3 is 16.0 Å². The second-order valence-corrected chi connectivity index (χ2v) is 7.05. The average molecular weight is 350 g/mol. The van der Waals surface area contributed by atoms with Crippen molar-refractivity contribution >= 4 is 11.2 Å². The Bertz CT molecular complexity index is 825. The molecular weight excluding hydrogens is 324 g/mol. The molecule has 2 atom stereocenters. The Morgan fingerprint density at radius 3 is 3.00 bits per heavy atom. The van der Waals surface area contributed by atoms with Crippen LogP contribution in [0, 0.1) is 0 Å². The highest BCUT2D eigenvalue weighted by molar-refractivity contribution is 5.69. The van der Waals surface area contributed by atoms with E-state index in [4.69, 9.17) is 5.73 Å². The highest BCUT2D eigenvalue weighted by atomic mass is 15.0. The summed E-state index contributed by atoms with van der Waals surface area (Å²) >= 11 is 0. The van der Waals surface area contributed by atoms with Crippen LogP contribution in [0.25, 0.3) is 11.2 Å². The predicted molar refractivity (Wildman–Crippen MR) is 103 cm³/mol. The van der Waals surface area contributed by atoms with Gasteiger partial charge in [-0.1, -0.05) is 6.07 Å². The topological polar surface area (TPSA) is 92.5 Å². The molecule has 3 heterocycles. The van der Waals surface area contributed by atoms with Crippen molar-refractivity contribution in [3.8, 4) is 0 Å². The van der Waals surface area contributed by atoms with E-state index in [0.717, 1.165) is 49.1 Å². The van der Waals surface area contributed by atoms with E-state index in [1.165, 1.54) is 17.7 Å². The van der Waals surface area contributed by atoms with E-state index in [1.807, 2.05) is 24.4 Å². The van der Waals surface area contributed by atoms with Gasteiger partial charge in [0.05, 0.1) is 11.2 Å². The quantitative estimate of drug-likeness (QED) is 0.609. The van der Waals surface area contributed by atoms with Crippen molar-refractivity contribution in [2.45, 2.75) is 50.6 Å². The number of imidazole rings is 1. The molecule has 0 radical (unpaired) electrons. The molecule has 4 N–H and O–H groups in total. The van der Waals surface area contributed by atoms with Crippen LogP contribution in [-0.2, 0) is 12.8 Å². The molecular formula is C20H26N6. The lowest BCUT2D eigenvalue weighted by Gasteiger charge is -2.29. The summed E-state index contributed by atoms with van der Waals surface area (Å²) in [6.45, 7) is 0.708. The zero-order valence-corrected chi connectivity index (χ0v) is 15.0. The standard InChI is InChI=1S/C20H26N6/c21-10-2-7-15(13-18-25-17-9-4-12-23-20(17)26-18)24-16-8-1-5-14-6-3-11-22-19(14)16/h3-4,6,9,11-12,15-16,24H,1-2,5,7-8,10,13,21H2,(H,23,25,26). The molecule has 6 nitrogen and oxygen atoms in total. The largest absolute Gasteiger partial charge is 0.341 e. The number of aromatic amines is 1. The number of aromatic nitrogens is 4. The lowest BCUT2D eigenvalue weighted by atomic mass is 9.91. The molecule has 0 bridgehead atoms. The molecule has 3 aromatic rings. The molecule has 0 fully saturated rings. The van der Waals surface area contributed by atoms with Gasteiger partial charge in [0.25, 0.3) is 0 Å². The van der Waals surface area contributed by atoms with Crippen molar-refractivity contribution in [2.24, 2.45) is 5.73 Å². The highest BCUT2D eigenvalue weighted by Crippen LogP contribution is 2.28. The summed E-state index contributed by atoms with van der Waals surface area (Å²) in [4.78, 5) is 17.0. The third-order valence-corrected chi connectivity index (χ3v) is 5.13. The number of rotatable bonds is 7. The van der Waals surface area contributed by atoms with Crippen molar-refractivity contribution in [3.63, 3.8) is 0 Å². The summed E-state index contributed by atoms with van der Waals surface area (Å²) in [5.41, 5.74) is 10.1. The summed E-state index contributed by atoms with van der Waals surface area (Å²) in [5, 5.41) is 3.84. The maximum Gasteiger partial charge on any atom is 0.177 e. The Labute approximate surface area is 153 Å². The average Bonchev–Trinajstić information content (AvgIpc) is 3.08. The van der Waals surface area contributed by atoms with E-state index in [0.29, 0.717) is 18.6 Å². The van der Waals surface area contributed by atoms with E-state index in [1.54, 1.807) is 6.20 Å². The first-order chi connectivity index (χ1) is 12.8. The van der Waals surface area contributed by atoms with Crippen LogP contribution in [0.1, 0.15) is 48.8 Å². The predicted octanol–water partition coefficient (Wildman–Crippen LogP) is 2.67. The lowest BCUT2D eigenvalue weighted by molar-refractivity contribution is 0.363. The molecule has 3 aromatic heterocycles. The zero-order chi connectivity index (χ0) is 17.8. The first-order valence-electron chi connectivity index (χ1n) is 9.53. The van der Waals surface area contributed by atoms with Crippen LogP contribution < -0.4 is 11.1 Å². The monoisotopic (exact) mass is 350 g/mol. The molecule has 6 heteroatoms. The van der Waals surface area contributed by atoms with Gasteiger partial charge in [0, 0.05) is 30.9 Å². The summed E-state index contributed by atoms with van der Waals surface area (Å²) < 4.78 is 0. The molecule has 0 saturated carbocycles. The normalized spacial score (nSPS) is 18.0. The van der Waals surface area contributed by atoms with Crippen molar-refractivity contribution in [1.29, 1.82) is 0 Å². The van der Waals surface area contributed by atoms with Crippen LogP contribution in [0.15, 0.2) is 36.7 Å². The molecule has 1 aliphatic carbocycles. The minimum atomic E-state index is 0.310. The van der Waals surface area contributed by atoms with Crippen molar-refractivity contribution < 1.29 is 0 Å². The van der Waals surface area contributed by atoms with E-state index in [9.17, 15) is 0 Å². The molecule has 0 spiro atoms. The first kappa shape index (κ1) is 17.1. The lowest BCUT2D eigenvalue weighted by Crippen LogP contribution is -2.37. The second-order valence-electron chi connectivity index (χ2n) is 7.05. The first-order valence-corrected chi connectivity index (χ1v) is 9.53. The van der Waals surface area contributed by atoms with Gasteiger partial charge in [0.15, 0.2) is 5.65 Å². The van der Waals surface area contributed by atoms with Crippen molar-refractivity contribution in [2.75, 3.05) is 6.54 Å². The number of nitrogens with two attached hydrogens (primary N) is 1. The fourth-order valence-corrected chi connectivity index (χ4v) is 3.89. The Morgan fingerprint density at radius 2 is 2.12 bits per heavy atom. The molecule has 0 aliphatic heterocycles. The summed E-state index contributed by atoms with van der Waals surface area (Å²) in [5.74, 6) is 0.977. The van der Waals surface area contributed by atoms with Crippen LogP contribution in [0.4, 0.5) is 0 Å². The number of fused-ring (bicyclic) bond motifs is 2. The van der Waals surface area contributed by atoms with E-state index >= 15 is 0 Å². The third kappa shape index (κ3) is 3.76. The van der Waals surface area contributed by atoms with E-state index in [2.05, 4.69) is 31.3 Å². The number of pyridine rings is 2. The van der Waals surface area contributed by atoms with Crippen LogP contribution >= 0.6 is 0 Å². The zero-order valence-electron chi connectivity index (χ0n) is 15.0. The van der Waals surface area contributed by atoms with Crippen LogP contribution in [0.2, 0.25) is 0 Å². The molecule has 0 saturated heterocycles. The summed E-state index contributed by atoms with van der Waals surface area (Å²) in [6, 6.07) is 8.81. The summed E-state index contributed by atoms with van der Waals surface area (Å²) in [7, 11) is 0. The Kier molecular flexibility index (Phi) is 5.22. The van der Waals surface area contributed by atoms with Gasteiger partial charge in [-0.25, -0.2) is 9.97 Å². The second kappa shape index (κ2) is 7.93. The van der Waals surface area contributed by atoms with Crippen molar-refractivity contribution in [1.82, 2.24) is 25.3 Å². The Morgan fingerprint density at radius 1 is 1.23 bits per heavy atom. The van der Waals surface area contributed by atoms with Gasteiger partial charge in [-0.15, -0.1) is 0 Å². The van der Waals surface area contributed by atoms with E-state index < -0.39 is 0 Å². The van der Waals surface area contributed by atoms with Crippen LogP contribution in [0.3, 0.4) is 0 Å². The molecule has 1 aliphatic rings. The minimum absolute atomic E-state index is 0.310. The van der Waals surface area contributed by atoms with Gasteiger partial charge in [-0.2, -0.15) is 0 Å². The smallest absolute Gasteiger partial charge is 0.177 e. The maximum absolute atomic E-state index is 5.77. The summed E-state index contributed by atoms with van der Waals surface area (Å²) in [6.07, 6.45) is 10.0. The Hall–Kier alpha value is -2.31. The number of aryl methyl sites for hydroxylation is 1. The third-order valence-electron chi connectivity index (χ3n) is 5.13. The minimum Gasteiger partial charge on any atom is -0.341 e. The van der Waals surface area contributed by atoms with E-state index in [-0.39, 0.29) is 0 Å². The Balaban J connectivity index is 1.52. The molecule has 136 valence electrons. The van der Waals surface area contributed by atoms with Gasteiger partial charge in [0.2, 0.25) is 0 Å². The number of hydrogen-bond acceptors (Lipinski definition) is 5. The molecule has 0 aromatic carbocycles. The highest BCUT2D eigenvalue weighted by Gasteiger charge is 2.24. The number of hydrogen-bond donors (Lipinski definition) is 3. The molecule has 0 amide bonds. The van der Waals surface area contributed by atoms with Crippen molar-refractivity contribution in [3.05, 3.63) is 53.7 Å². The molecule has 4 rings (SSSR count). The van der Waals surface area contributed by atoms with Crippen LogP contribution in [0.5, 0.6) is 0 Å². The van der Waals surface area contributed by atoms with Gasteiger partial charge in [-0.05, 0) is 62.4 Å². The number of nitrogens with zero attached hydrogens (tertiary/aromatic N) is 3. The fraction of sp³-hybridized carbons (Fsp3) is 0.450. The molecule has 2 unspecified atom stereocenters. The van der Waals surface area contributed by atoms with Gasteiger partial charge in [0.1, 0.15) is 5.82 Å².